The van der Waals surface area contributed by atoms with Crippen LogP contribution in [0.25, 0.3) is 11.3 Å². The van der Waals surface area contributed by atoms with Gasteiger partial charge in [-0.1, -0.05) is 0 Å². The predicted molar refractivity (Wildman–Crippen MR) is 89.1 cm³/mol. The fourth-order valence-corrected chi connectivity index (χ4v) is 4.17. The molecular formula is C14H20N4OS2. The average Bonchev–Trinajstić information content (AvgIpc) is 2.94. The SMILES string of the molecule is Cc1nc(-c2c(N)nsc2N2CCCC(C)(O)CC2)cs1. The Morgan fingerprint density at radius 3 is 2.90 bits per heavy atom. The lowest BCUT2D eigenvalue weighted by Gasteiger charge is -2.23. The molecule has 0 aliphatic carbocycles. The molecule has 5 nitrogen and oxygen atoms in total. The van der Waals surface area contributed by atoms with Gasteiger partial charge < -0.3 is 15.7 Å². The first-order valence-corrected chi connectivity index (χ1v) is 8.76. The third kappa shape index (κ3) is 3.04. The van der Waals surface area contributed by atoms with Gasteiger partial charge in [0.1, 0.15) is 10.8 Å². The van der Waals surface area contributed by atoms with Gasteiger partial charge in [0, 0.05) is 18.5 Å². The molecule has 0 radical (unpaired) electrons. The van der Waals surface area contributed by atoms with Crippen LogP contribution in [0.15, 0.2) is 5.38 Å². The van der Waals surface area contributed by atoms with E-state index in [0.717, 1.165) is 53.6 Å². The molecule has 0 amide bonds. The lowest BCUT2D eigenvalue weighted by atomic mass is 9.98. The molecule has 1 saturated heterocycles. The summed E-state index contributed by atoms with van der Waals surface area (Å²) in [6.07, 6.45) is 2.57. The standard InChI is InChI=1S/C14H20N4OS2/c1-9-16-10(8-20-9)11-12(15)17-21-13(11)18-6-3-4-14(2,19)5-7-18/h8,19H,3-7H2,1-2H3,(H2,15,17). The van der Waals surface area contributed by atoms with Gasteiger partial charge in [-0.25, -0.2) is 4.98 Å². The van der Waals surface area contributed by atoms with Gasteiger partial charge in [-0.15, -0.1) is 11.3 Å². The largest absolute Gasteiger partial charge is 0.390 e. The molecule has 1 aliphatic heterocycles. The van der Waals surface area contributed by atoms with Crippen LogP contribution in [0.5, 0.6) is 0 Å². The number of rotatable bonds is 2. The zero-order chi connectivity index (χ0) is 15.0. The van der Waals surface area contributed by atoms with E-state index in [1.54, 1.807) is 11.3 Å². The summed E-state index contributed by atoms with van der Waals surface area (Å²) in [6.45, 7) is 5.66. The van der Waals surface area contributed by atoms with Crippen molar-refractivity contribution in [2.24, 2.45) is 0 Å². The minimum atomic E-state index is -0.567. The molecule has 0 saturated carbocycles. The van der Waals surface area contributed by atoms with Gasteiger partial charge in [0.2, 0.25) is 0 Å². The molecule has 1 fully saturated rings. The second kappa shape index (κ2) is 5.55. The van der Waals surface area contributed by atoms with Gasteiger partial charge in [0.05, 0.1) is 21.9 Å². The second-order valence-electron chi connectivity index (χ2n) is 5.84. The normalized spacial score (nSPS) is 23.3. The minimum absolute atomic E-state index is 0.552. The number of nitrogens with two attached hydrogens (primary N) is 1. The summed E-state index contributed by atoms with van der Waals surface area (Å²) in [7, 11) is 0. The first kappa shape index (κ1) is 14.7. The number of nitrogen functional groups attached to an aromatic ring is 1. The van der Waals surface area contributed by atoms with Crippen molar-refractivity contribution in [2.75, 3.05) is 23.7 Å². The number of nitrogens with zero attached hydrogens (tertiary/aromatic N) is 3. The van der Waals surface area contributed by atoms with Gasteiger partial charge in [-0.3, -0.25) is 0 Å². The third-order valence-electron chi connectivity index (χ3n) is 3.93. The van der Waals surface area contributed by atoms with Crippen LogP contribution in [0.2, 0.25) is 0 Å². The quantitative estimate of drug-likeness (QED) is 0.888. The van der Waals surface area contributed by atoms with Crippen molar-refractivity contribution < 1.29 is 5.11 Å². The summed E-state index contributed by atoms with van der Waals surface area (Å²) in [5, 5.41) is 14.4. The van der Waals surface area contributed by atoms with Crippen LogP contribution in [0.4, 0.5) is 10.8 Å². The summed E-state index contributed by atoms with van der Waals surface area (Å²) in [4.78, 5) is 6.84. The lowest BCUT2D eigenvalue weighted by Crippen LogP contribution is -2.28. The Labute approximate surface area is 132 Å². The highest BCUT2D eigenvalue weighted by Crippen LogP contribution is 2.40. The molecule has 1 aliphatic rings. The Balaban J connectivity index is 1.93. The fraction of sp³-hybridized carbons (Fsp3) is 0.571. The highest BCUT2D eigenvalue weighted by Gasteiger charge is 2.28. The summed E-state index contributed by atoms with van der Waals surface area (Å²) in [6, 6.07) is 0. The monoisotopic (exact) mass is 324 g/mol. The smallest absolute Gasteiger partial charge is 0.148 e. The fourth-order valence-electron chi connectivity index (χ4n) is 2.69. The van der Waals surface area contributed by atoms with Gasteiger partial charge >= 0.3 is 0 Å². The van der Waals surface area contributed by atoms with Gasteiger partial charge in [-0.05, 0) is 44.6 Å². The predicted octanol–water partition coefficient (Wildman–Crippen LogP) is 2.90. The molecule has 114 valence electrons. The Bertz CT molecular complexity index is 635. The van der Waals surface area contributed by atoms with Crippen molar-refractivity contribution in [2.45, 2.75) is 38.7 Å². The Morgan fingerprint density at radius 2 is 2.19 bits per heavy atom. The molecule has 3 heterocycles. The number of aryl methyl sites for hydroxylation is 1. The number of anilines is 2. The van der Waals surface area contributed by atoms with Crippen LogP contribution in [0.1, 0.15) is 31.2 Å². The maximum atomic E-state index is 10.2. The number of aromatic nitrogens is 2. The maximum absolute atomic E-state index is 10.2. The lowest BCUT2D eigenvalue weighted by molar-refractivity contribution is 0.0481. The molecule has 0 bridgehead atoms. The molecule has 3 rings (SSSR count). The van der Waals surface area contributed by atoms with Gasteiger partial charge in [0.25, 0.3) is 0 Å². The summed E-state index contributed by atoms with van der Waals surface area (Å²) >= 11 is 3.05. The topological polar surface area (TPSA) is 75.3 Å². The van der Waals surface area contributed by atoms with Crippen LogP contribution >= 0.6 is 22.9 Å². The molecule has 0 spiro atoms. The van der Waals surface area contributed by atoms with E-state index in [0.29, 0.717) is 5.82 Å². The maximum Gasteiger partial charge on any atom is 0.148 e. The number of hydrogen-bond acceptors (Lipinski definition) is 7. The van der Waals surface area contributed by atoms with Crippen molar-refractivity contribution >= 4 is 33.7 Å². The molecule has 2 aromatic heterocycles. The molecule has 1 atom stereocenters. The highest BCUT2D eigenvalue weighted by atomic mass is 32.1. The van der Waals surface area contributed by atoms with E-state index in [1.165, 1.54) is 11.5 Å². The van der Waals surface area contributed by atoms with E-state index in [1.807, 2.05) is 19.2 Å². The van der Waals surface area contributed by atoms with E-state index < -0.39 is 5.60 Å². The van der Waals surface area contributed by atoms with Crippen LogP contribution in [0.3, 0.4) is 0 Å². The summed E-state index contributed by atoms with van der Waals surface area (Å²) in [5.74, 6) is 0.552. The Morgan fingerprint density at radius 1 is 1.38 bits per heavy atom. The first-order valence-electron chi connectivity index (χ1n) is 7.11. The van der Waals surface area contributed by atoms with Crippen molar-refractivity contribution in [3.63, 3.8) is 0 Å². The first-order chi connectivity index (χ1) is 9.96. The number of aliphatic hydroxyl groups is 1. The van der Waals surface area contributed by atoms with E-state index in [-0.39, 0.29) is 0 Å². The average molecular weight is 324 g/mol. The van der Waals surface area contributed by atoms with Crippen LogP contribution < -0.4 is 10.6 Å². The van der Waals surface area contributed by atoms with Crippen molar-refractivity contribution in [3.8, 4) is 11.3 Å². The molecular weight excluding hydrogens is 304 g/mol. The minimum Gasteiger partial charge on any atom is -0.390 e. The number of hydrogen-bond donors (Lipinski definition) is 2. The van der Waals surface area contributed by atoms with E-state index in [2.05, 4.69) is 14.3 Å². The zero-order valence-electron chi connectivity index (χ0n) is 12.3. The molecule has 7 heteroatoms. The molecule has 1 unspecified atom stereocenters. The second-order valence-corrected chi connectivity index (χ2v) is 7.65. The van der Waals surface area contributed by atoms with Crippen LogP contribution in [-0.4, -0.2) is 33.2 Å². The van der Waals surface area contributed by atoms with Crippen molar-refractivity contribution in [1.82, 2.24) is 9.36 Å². The van der Waals surface area contributed by atoms with Crippen LogP contribution in [0, 0.1) is 6.92 Å². The zero-order valence-corrected chi connectivity index (χ0v) is 13.9. The molecule has 0 aromatic carbocycles. The molecule has 2 aromatic rings. The summed E-state index contributed by atoms with van der Waals surface area (Å²) < 4.78 is 4.32. The van der Waals surface area contributed by atoms with Crippen molar-refractivity contribution in [3.05, 3.63) is 10.4 Å². The van der Waals surface area contributed by atoms with E-state index in [4.69, 9.17) is 5.73 Å². The molecule has 21 heavy (non-hydrogen) atoms. The third-order valence-corrected chi connectivity index (χ3v) is 5.62. The van der Waals surface area contributed by atoms with Crippen LogP contribution in [-0.2, 0) is 0 Å². The molecule has 3 N–H and O–H groups in total. The Hall–Kier alpha value is -1.18. The summed E-state index contributed by atoms with van der Waals surface area (Å²) in [5.41, 5.74) is 7.36. The van der Waals surface area contributed by atoms with Gasteiger partial charge in [0.15, 0.2) is 0 Å². The van der Waals surface area contributed by atoms with E-state index in [9.17, 15) is 5.11 Å². The Kier molecular flexibility index (Phi) is 3.90. The van der Waals surface area contributed by atoms with Gasteiger partial charge in [-0.2, -0.15) is 4.37 Å². The highest BCUT2D eigenvalue weighted by molar-refractivity contribution is 7.11. The number of thiazole rings is 1. The van der Waals surface area contributed by atoms with Crippen molar-refractivity contribution in [1.29, 1.82) is 0 Å². The van der Waals surface area contributed by atoms with E-state index >= 15 is 0 Å².